The van der Waals surface area contributed by atoms with E-state index in [4.69, 9.17) is 9.31 Å². The van der Waals surface area contributed by atoms with Gasteiger partial charge in [0, 0.05) is 13.1 Å². The van der Waals surface area contributed by atoms with E-state index in [9.17, 15) is 4.79 Å². The van der Waals surface area contributed by atoms with E-state index in [0.29, 0.717) is 12.5 Å². The van der Waals surface area contributed by atoms with Crippen molar-refractivity contribution in [3.05, 3.63) is 29.8 Å². The Balaban J connectivity index is 1.65. The molecule has 4 nitrogen and oxygen atoms in total. The number of carbonyl (C=O) groups excluding carboxylic acids is 1. The highest BCUT2D eigenvalue weighted by Gasteiger charge is 2.51. The van der Waals surface area contributed by atoms with Gasteiger partial charge in [0.05, 0.1) is 17.6 Å². The summed E-state index contributed by atoms with van der Waals surface area (Å²) in [6.45, 7) is 8.20. The van der Waals surface area contributed by atoms with E-state index in [-0.39, 0.29) is 24.2 Å². The van der Waals surface area contributed by atoms with Gasteiger partial charge in [0.15, 0.2) is 0 Å². The first-order valence-corrected chi connectivity index (χ1v) is 8.40. The molecule has 0 aromatic heterocycles. The Morgan fingerprint density at radius 1 is 1.13 bits per heavy atom. The van der Waals surface area contributed by atoms with Crippen molar-refractivity contribution in [2.24, 2.45) is 0 Å². The first kappa shape index (κ1) is 16.5. The van der Waals surface area contributed by atoms with E-state index < -0.39 is 0 Å². The lowest BCUT2D eigenvalue weighted by Gasteiger charge is -2.32. The summed E-state index contributed by atoms with van der Waals surface area (Å²) in [6, 6.07) is 8.47. The van der Waals surface area contributed by atoms with E-state index >= 15 is 0 Å². The van der Waals surface area contributed by atoms with Crippen LogP contribution in [0.15, 0.2) is 24.3 Å². The number of rotatable bonds is 4. The monoisotopic (exact) mass is 315 g/mol. The minimum atomic E-state index is -0.348. The second-order valence-electron chi connectivity index (χ2n) is 7.74. The molecule has 1 heterocycles. The van der Waals surface area contributed by atoms with Crippen molar-refractivity contribution >= 4 is 18.5 Å². The average Bonchev–Trinajstić information content (AvgIpc) is 3.27. The molecule has 1 aliphatic heterocycles. The van der Waals surface area contributed by atoms with E-state index in [1.54, 1.807) is 0 Å². The quantitative estimate of drug-likeness (QED) is 0.799. The van der Waals surface area contributed by atoms with Crippen LogP contribution in [0.25, 0.3) is 0 Å². The molecule has 3 rings (SSSR count). The van der Waals surface area contributed by atoms with Crippen LogP contribution in [0.3, 0.4) is 0 Å². The molecule has 0 bridgehead atoms. The van der Waals surface area contributed by atoms with Crippen molar-refractivity contribution in [2.75, 3.05) is 7.05 Å². The molecule has 1 amide bonds. The number of hydrogen-bond acceptors (Lipinski definition) is 3. The summed E-state index contributed by atoms with van der Waals surface area (Å²) in [7, 11) is 1.55. The van der Waals surface area contributed by atoms with E-state index in [2.05, 4.69) is 0 Å². The van der Waals surface area contributed by atoms with Crippen LogP contribution in [-0.2, 0) is 20.5 Å². The van der Waals surface area contributed by atoms with Crippen molar-refractivity contribution in [1.29, 1.82) is 0 Å². The van der Waals surface area contributed by atoms with E-state index in [1.165, 1.54) is 0 Å². The first-order chi connectivity index (χ1) is 10.7. The van der Waals surface area contributed by atoms with Gasteiger partial charge in [-0.3, -0.25) is 4.79 Å². The molecule has 0 spiro atoms. The molecule has 1 aliphatic carbocycles. The van der Waals surface area contributed by atoms with Gasteiger partial charge in [-0.05, 0) is 51.6 Å². The van der Waals surface area contributed by atoms with Crippen molar-refractivity contribution in [2.45, 2.75) is 64.2 Å². The lowest BCUT2D eigenvalue weighted by atomic mass is 9.79. The summed E-state index contributed by atoms with van der Waals surface area (Å²) in [5.41, 5.74) is 1.36. The molecule has 2 aliphatic rings. The van der Waals surface area contributed by atoms with Gasteiger partial charge in [0.1, 0.15) is 0 Å². The fourth-order valence-corrected chi connectivity index (χ4v) is 2.74. The number of hydrogen-bond donors (Lipinski definition) is 0. The maximum absolute atomic E-state index is 12.2. The zero-order chi connectivity index (χ0) is 16.8. The minimum absolute atomic E-state index is 0.191. The Labute approximate surface area is 139 Å². The highest BCUT2D eigenvalue weighted by molar-refractivity contribution is 6.62. The lowest BCUT2D eigenvalue weighted by molar-refractivity contribution is -0.129. The Morgan fingerprint density at radius 2 is 1.65 bits per heavy atom. The third-order valence-corrected chi connectivity index (χ3v) is 5.35. The van der Waals surface area contributed by atoms with Gasteiger partial charge in [0.2, 0.25) is 5.91 Å². The topological polar surface area (TPSA) is 38.8 Å². The third kappa shape index (κ3) is 3.31. The minimum Gasteiger partial charge on any atom is -0.399 e. The number of benzene rings is 1. The molecule has 0 atom stereocenters. The highest BCUT2D eigenvalue weighted by Crippen LogP contribution is 2.36. The number of carbonyl (C=O) groups is 1. The molecular formula is C18H26BNO3. The molecule has 5 heteroatoms. The molecule has 23 heavy (non-hydrogen) atoms. The van der Waals surface area contributed by atoms with Gasteiger partial charge >= 0.3 is 7.12 Å². The number of nitrogens with zero attached hydrogens (tertiary/aromatic N) is 1. The molecule has 1 aromatic carbocycles. The molecular weight excluding hydrogens is 289 g/mol. The summed E-state index contributed by atoms with van der Waals surface area (Å²) in [4.78, 5) is 14.1. The SMILES string of the molecule is CN(C(=O)Cc1ccc(B2OC(C)(C)C(C)(C)O2)cc1)C1CC1. The first-order valence-electron chi connectivity index (χ1n) is 8.40. The molecule has 0 unspecified atom stereocenters. The van der Waals surface area contributed by atoms with Crippen LogP contribution in [-0.4, -0.2) is 42.2 Å². The largest absolute Gasteiger partial charge is 0.494 e. The summed E-state index contributed by atoms with van der Waals surface area (Å²) in [6.07, 6.45) is 2.74. The fraction of sp³-hybridized carbons (Fsp3) is 0.611. The van der Waals surface area contributed by atoms with Crippen LogP contribution >= 0.6 is 0 Å². The molecule has 1 saturated carbocycles. The van der Waals surface area contributed by atoms with Gasteiger partial charge in [-0.1, -0.05) is 24.3 Å². The summed E-state index contributed by atoms with van der Waals surface area (Å²) in [5, 5.41) is 0. The van der Waals surface area contributed by atoms with Crippen molar-refractivity contribution < 1.29 is 14.1 Å². The van der Waals surface area contributed by atoms with Crippen LogP contribution in [0.5, 0.6) is 0 Å². The smallest absolute Gasteiger partial charge is 0.399 e. The predicted molar refractivity (Wildman–Crippen MR) is 91.7 cm³/mol. The second-order valence-corrected chi connectivity index (χ2v) is 7.74. The summed E-state index contributed by atoms with van der Waals surface area (Å²) < 4.78 is 12.1. The Kier molecular flexibility index (Phi) is 4.05. The standard InChI is InChI=1S/C18H26BNO3/c1-17(2)18(3,4)23-19(22-17)14-8-6-13(7-9-14)12-16(21)20(5)15-10-11-15/h6-9,15H,10-12H2,1-5H3. The van der Waals surface area contributed by atoms with E-state index in [0.717, 1.165) is 23.9 Å². The van der Waals surface area contributed by atoms with Crippen LogP contribution in [0.1, 0.15) is 46.1 Å². The Morgan fingerprint density at radius 3 is 2.13 bits per heavy atom. The summed E-state index contributed by atoms with van der Waals surface area (Å²) >= 11 is 0. The van der Waals surface area contributed by atoms with Crippen LogP contribution < -0.4 is 5.46 Å². The van der Waals surface area contributed by atoms with Gasteiger partial charge in [-0.15, -0.1) is 0 Å². The molecule has 1 saturated heterocycles. The van der Waals surface area contributed by atoms with Crippen LogP contribution in [0, 0.1) is 0 Å². The zero-order valence-electron chi connectivity index (χ0n) is 14.8. The highest BCUT2D eigenvalue weighted by atomic mass is 16.7. The van der Waals surface area contributed by atoms with Crippen LogP contribution in [0.2, 0.25) is 0 Å². The molecule has 2 fully saturated rings. The number of amides is 1. The van der Waals surface area contributed by atoms with Gasteiger partial charge in [0.25, 0.3) is 0 Å². The normalized spacial score (nSPS) is 22.2. The number of likely N-dealkylation sites (N-methyl/N-ethyl adjacent to an activating group) is 1. The average molecular weight is 315 g/mol. The van der Waals surface area contributed by atoms with Crippen molar-refractivity contribution in [3.8, 4) is 0 Å². The van der Waals surface area contributed by atoms with Gasteiger partial charge in [-0.2, -0.15) is 0 Å². The van der Waals surface area contributed by atoms with Crippen molar-refractivity contribution in [3.63, 3.8) is 0 Å². The Bertz CT molecular complexity index is 577. The fourth-order valence-electron chi connectivity index (χ4n) is 2.74. The van der Waals surface area contributed by atoms with E-state index in [1.807, 2.05) is 63.9 Å². The third-order valence-electron chi connectivity index (χ3n) is 5.35. The van der Waals surface area contributed by atoms with Gasteiger partial charge < -0.3 is 14.2 Å². The Hall–Kier alpha value is -1.33. The maximum atomic E-state index is 12.2. The van der Waals surface area contributed by atoms with Gasteiger partial charge in [-0.25, -0.2) is 0 Å². The maximum Gasteiger partial charge on any atom is 0.494 e. The summed E-state index contributed by atoms with van der Waals surface area (Å²) in [5.74, 6) is 0.191. The van der Waals surface area contributed by atoms with Crippen LogP contribution in [0.4, 0.5) is 0 Å². The molecule has 124 valence electrons. The molecule has 0 N–H and O–H groups in total. The molecule has 0 radical (unpaired) electrons. The predicted octanol–water partition coefficient (Wildman–Crippen LogP) is 2.15. The lowest BCUT2D eigenvalue weighted by Crippen LogP contribution is -2.41. The zero-order valence-corrected chi connectivity index (χ0v) is 14.8. The van der Waals surface area contributed by atoms with Crippen molar-refractivity contribution in [1.82, 2.24) is 4.90 Å². The molecule has 1 aromatic rings. The second kappa shape index (κ2) is 5.64.